The van der Waals surface area contributed by atoms with Crippen LogP contribution in [-0.2, 0) is 17.8 Å². The summed E-state index contributed by atoms with van der Waals surface area (Å²) in [6.07, 6.45) is 0.248. The second kappa shape index (κ2) is 8.28. The summed E-state index contributed by atoms with van der Waals surface area (Å²) in [7, 11) is 0. The standard InChI is InChI=1S/C16H14Br3NO3/c17-11-3-1-2-9(4-11)8-23-15-12(18)5-10(6-13(15)19)7-14(20)16(21)22/h1-6,14H,7-8,20H2,(H,21,22)/t14-/m0/s1. The largest absolute Gasteiger partial charge is 0.487 e. The van der Waals surface area contributed by atoms with E-state index in [0.29, 0.717) is 12.4 Å². The lowest BCUT2D eigenvalue weighted by Gasteiger charge is -2.13. The molecule has 0 radical (unpaired) electrons. The molecule has 0 saturated heterocycles. The van der Waals surface area contributed by atoms with Gasteiger partial charge in [0, 0.05) is 4.47 Å². The van der Waals surface area contributed by atoms with E-state index in [1.54, 1.807) is 0 Å². The van der Waals surface area contributed by atoms with E-state index in [4.69, 9.17) is 15.6 Å². The number of carbonyl (C=O) groups is 1. The third-order valence-electron chi connectivity index (χ3n) is 3.10. The molecule has 2 rings (SSSR count). The number of ether oxygens (including phenoxy) is 1. The summed E-state index contributed by atoms with van der Waals surface area (Å²) in [6.45, 7) is 0.421. The van der Waals surface area contributed by atoms with Gasteiger partial charge in [-0.2, -0.15) is 0 Å². The predicted molar refractivity (Wildman–Crippen MR) is 99.6 cm³/mol. The monoisotopic (exact) mass is 505 g/mol. The summed E-state index contributed by atoms with van der Waals surface area (Å²) in [5.41, 5.74) is 7.42. The first kappa shape index (κ1) is 18.4. The average Bonchev–Trinajstić information content (AvgIpc) is 2.46. The van der Waals surface area contributed by atoms with Crippen LogP contribution in [-0.4, -0.2) is 17.1 Å². The van der Waals surface area contributed by atoms with Crippen molar-refractivity contribution in [1.82, 2.24) is 0 Å². The van der Waals surface area contributed by atoms with Gasteiger partial charge in [-0.25, -0.2) is 0 Å². The minimum atomic E-state index is -1.02. The Morgan fingerprint density at radius 3 is 2.35 bits per heavy atom. The van der Waals surface area contributed by atoms with Gasteiger partial charge in [-0.15, -0.1) is 0 Å². The van der Waals surface area contributed by atoms with Crippen LogP contribution < -0.4 is 10.5 Å². The molecule has 4 nitrogen and oxygen atoms in total. The molecule has 2 aromatic carbocycles. The van der Waals surface area contributed by atoms with E-state index in [-0.39, 0.29) is 6.42 Å². The van der Waals surface area contributed by atoms with E-state index >= 15 is 0 Å². The highest BCUT2D eigenvalue weighted by atomic mass is 79.9. The Morgan fingerprint density at radius 2 is 1.78 bits per heavy atom. The van der Waals surface area contributed by atoms with E-state index in [9.17, 15) is 4.79 Å². The van der Waals surface area contributed by atoms with Crippen LogP contribution in [0.4, 0.5) is 0 Å². The van der Waals surface area contributed by atoms with Crippen molar-refractivity contribution in [2.45, 2.75) is 19.1 Å². The van der Waals surface area contributed by atoms with Crippen molar-refractivity contribution in [3.8, 4) is 5.75 Å². The summed E-state index contributed by atoms with van der Waals surface area (Å²) in [5, 5.41) is 8.89. The summed E-state index contributed by atoms with van der Waals surface area (Å²) in [5.74, 6) is -0.357. The molecule has 0 saturated carbocycles. The van der Waals surface area contributed by atoms with Crippen molar-refractivity contribution in [2.75, 3.05) is 0 Å². The zero-order chi connectivity index (χ0) is 17.0. The van der Waals surface area contributed by atoms with Crippen LogP contribution >= 0.6 is 47.8 Å². The summed E-state index contributed by atoms with van der Waals surface area (Å²) >= 11 is 10.3. The average molecular weight is 508 g/mol. The molecule has 0 aromatic heterocycles. The van der Waals surface area contributed by atoms with E-state index in [1.165, 1.54) is 0 Å². The SMILES string of the molecule is N[C@@H](Cc1cc(Br)c(OCc2cccc(Br)c2)c(Br)c1)C(=O)O. The van der Waals surface area contributed by atoms with E-state index in [1.807, 2.05) is 36.4 Å². The summed E-state index contributed by atoms with van der Waals surface area (Å²) in [4.78, 5) is 10.9. The number of carboxylic acid groups (broad SMARTS) is 1. The number of nitrogens with two attached hydrogens (primary N) is 1. The molecule has 1 atom stereocenters. The van der Waals surface area contributed by atoms with Gasteiger partial charge in [-0.05, 0) is 73.7 Å². The minimum absolute atomic E-state index is 0.248. The van der Waals surface area contributed by atoms with Crippen LogP contribution in [0.5, 0.6) is 5.75 Å². The molecule has 0 bridgehead atoms. The Kier molecular flexibility index (Phi) is 6.64. The number of halogens is 3. The Hall–Kier alpha value is -0.890. The van der Waals surface area contributed by atoms with Gasteiger partial charge in [-0.1, -0.05) is 28.1 Å². The molecule has 0 heterocycles. The molecule has 0 aliphatic heterocycles. The van der Waals surface area contributed by atoms with E-state index < -0.39 is 12.0 Å². The van der Waals surface area contributed by atoms with E-state index in [2.05, 4.69) is 47.8 Å². The first-order valence-corrected chi connectivity index (χ1v) is 9.08. The third kappa shape index (κ3) is 5.31. The van der Waals surface area contributed by atoms with Crippen LogP contribution in [0.15, 0.2) is 49.8 Å². The molecule has 0 aliphatic rings. The van der Waals surface area contributed by atoms with E-state index in [0.717, 1.165) is 24.5 Å². The van der Waals surface area contributed by atoms with Crippen LogP contribution in [0.1, 0.15) is 11.1 Å². The smallest absolute Gasteiger partial charge is 0.320 e. The topological polar surface area (TPSA) is 72.5 Å². The fourth-order valence-corrected chi connectivity index (χ4v) is 3.95. The van der Waals surface area contributed by atoms with Crippen LogP contribution in [0.2, 0.25) is 0 Å². The number of hydrogen-bond donors (Lipinski definition) is 2. The van der Waals surface area contributed by atoms with Crippen LogP contribution in [0, 0.1) is 0 Å². The molecular formula is C16H14Br3NO3. The van der Waals surface area contributed by atoms with Crippen molar-refractivity contribution in [3.05, 3.63) is 60.9 Å². The molecule has 7 heteroatoms. The fraction of sp³-hybridized carbons (Fsp3) is 0.188. The Labute approximate surface area is 159 Å². The first-order chi connectivity index (χ1) is 10.9. The highest BCUT2D eigenvalue weighted by Crippen LogP contribution is 2.35. The van der Waals surface area contributed by atoms with Gasteiger partial charge in [0.05, 0.1) is 8.95 Å². The van der Waals surface area contributed by atoms with Gasteiger partial charge < -0.3 is 15.6 Å². The van der Waals surface area contributed by atoms with Crippen molar-refractivity contribution in [3.63, 3.8) is 0 Å². The lowest BCUT2D eigenvalue weighted by molar-refractivity contribution is -0.138. The summed E-state index contributed by atoms with van der Waals surface area (Å²) < 4.78 is 8.34. The van der Waals surface area contributed by atoms with Crippen molar-refractivity contribution >= 4 is 53.8 Å². The molecule has 0 amide bonds. The molecule has 2 aromatic rings. The predicted octanol–water partition coefficient (Wildman–Crippen LogP) is 4.51. The van der Waals surface area contributed by atoms with Crippen LogP contribution in [0.25, 0.3) is 0 Å². The molecule has 23 heavy (non-hydrogen) atoms. The zero-order valence-electron chi connectivity index (χ0n) is 11.9. The van der Waals surface area contributed by atoms with Crippen molar-refractivity contribution in [2.24, 2.45) is 5.73 Å². The van der Waals surface area contributed by atoms with Gasteiger partial charge in [0.15, 0.2) is 0 Å². The lowest BCUT2D eigenvalue weighted by atomic mass is 10.1. The van der Waals surface area contributed by atoms with Crippen LogP contribution in [0.3, 0.4) is 0 Å². The number of aliphatic carboxylic acids is 1. The summed E-state index contributed by atoms with van der Waals surface area (Å²) in [6, 6.07) is 10.6. The zero-order valence-corrected chi connectivity index (χ0v) is 16.7. The molecule has 122 valence electrons. The number of carboxylic acids is 1. The highest BCUT2D eigenvalue weighted by Gasteiger charge is 2.15. The maximum Gasteiger partial charge on any atom is 0.320 e. The molecular weight excluding hydrogens is 494 g/mol. The fourth-order valence-electron chi connectivity index (χ4n) is 1.99. The number of benzene rings is 2. The molecule has 0 spiro atoms. The van der Waals surface area contributed by atoms with Gasteiger partial charge in [0.1, 0.15) is 18.4 Å². The van der Waals surface area contributed by atoms with Crippen molar-refractivity contribution in [1.29, 1.82) is 0 Å². The lowest BCUT2D eigenvalue weighted by Crippen LogP contribution is -2.32. The van der Waals surface area contributed by atoms with Gasteiger partial charge in [0.2, 0.25) is 0 Å². The Morgan fingerprint density at radius 1 is 1.13 bits per heavy atom. The molecule has 0 unspecified atom stereocenters. The normalized spacial score (nSPS) is 12.0. The Bertz CT molecular complexity index is 698. The number of hydrogen-bond acceptors (Lipinski definition) is 3. The Balaban J connectivity index is 2.12. The highest BCUT2D eigenvalue weighted by molar-refractivity contribution is 9.11. The maximum absolute atomic E-state index is 10.9. The van der Waals surface area contributed by atoms with Gasteiger partial charge >= 0.3 is 5.97 Å². The van der Waals surface area contributed by atoms with Gasteiger partial charge in [0.25, 0.3) is 0 Å². The second-order valence-corrected chi connectivity index (χ2v) is 7.58. The third-order valence-corrected chi connectivity index (χ3v) is 4.77. The minimum Gasteiger partial charge on any atom is -0.487 e. The second-order valence-electron chi connectivity index (χ2n) is 4.96. The first-order valence-electron chi connectivity index (χ1n) is 6.70. The molecule has 3 N–H and O–H groups in total. The van der Waals surface area contributed by atoms with Gasteiger partial charge in [-0.3, -0.25) is 4.79 Å². The van der Waals surface area contributed by atoms with Crippen molar-refractivity contribution < 1.29 is 14.6 Å². The molecule has 0 aliphatic carbocycles. The quantitative estimate of drug-likeness (QED) is 0.603. The number of rotatable bonds is 6. The molecule has 0 fully saturated rings. The maximum atomic E-state index is 10.9.